The molecule has 164 valence electrons. The van der Waals surface area contributed by atoms with Gasteiger partial charge in [-0.15, -0.1) is 0 Å². The second-order valence-electron chi connectivity index (χ2n) is 8.27. The van der Waals surface area contributed by atoms with Crippen LogP contribution in [0.5, 0.6) is 0 Å². The molecule has 1 aliphatic rings. The predicted octanol–water partition coefficient (Wildman–Crippen LogP) is 4.24. The Labute approximate surface area is 183 Å². The van der Waals surface area contributed by atoms with E-state index in [1.807, 2.05) is 29.2 Å². The lowest BCUT2D eigenvalue weighted by Crippen LogP contribution is -2.40. The number of hydrogen-bond acceptors (Lipinski definition) is 5. The third-order valence-corrected chi connectivity index (χ3v) is 5.95. The van der Waals surface area contributed by atoms with Gasteiger partial charge in [0.15, 0.2) is 0 Å². The van der Waals surface area contributed by atoms with Gasteiger partial charge in [0.2, 0.25) is 0 Å². The summed E-state index contributed by atoms with van der Waals surface area (Å²) < 4.78 is 11.4. The maximum Gasteiger partial charge on any atom is 0.255 e. The number of carbonyl (C=O) groups is 1. The van der Waals surface area contributed by atoms with Crippen LogP contribution in [-0.2, 0) is 11.2 Å². The third kappa shape index (κ3) is 4.97. The predicted molar refractivity (Wildman–Crippen MR) is 122 cm³/mol. The summed E-state index contributed by atoms with van der Waals surface area (Å²) in [6.45, 7) is 11.1. The van der Waals surface area contributed by atoms with Gasteiger partial charge in [0.25, 0.3) is 5.91 Å². The Hall–Kier alpha value is -2.70. The fraction of sp³-hybridized carbons (Fsp3) is 0.440. The van der Waals surface area contributed by atoms with Gasteiger partial charge in [-0.3, -0.25) is 9.78 Å². The van der Waals surface area contributed by atoms with Crippen molar-refractivity contribution < 1.29 is 13.9 Å². The minimum Gasteiger partial charge on any atom is -0.461 e. The van der Waals surface area contributed by atoms with E-state index in [9.17, 15) is 4.79 Å². The van der Waals surface area contributed by atoms with Gasteiger partial charge < -0.3 is 19.0 Å². The number of fused-ring (bicyclic) bond motifs is 1. The number of pyridine rings is 1. The second kappa shape index (κ2) is 9.62. The molecule has 0 bridgehead atoms. The summed E-state index contributed by atoms with van der Waals surface area (Å²) in [5, 5.41) is 1.08. The molecule has 0 N–H and O–H groups in total. The molecule has 1 saturated heterocycles. The maximum atomic E-state index is 12.6. The van der Waals surface area contributed by atoms with Crippen LogP contribution in [0.4, 0.5) is 0 Å². The monoisotopic (exact) mass is 421 g/mol. The summed E-state index contributed by atoms with van der Waals surface area (Å²) >= 11 is 0. The molecule has 3 aromatic rings. The van der Waals surface area contributed by atoms with E-state index in [0.717, 1.165) is 47.5 Å². The lowest BCUT2D eigenvalue weighted by atomic mass is 10.1. The largest absolute Gasteiger partial charge is 0.461 e. The lowest BCUT2D eigenvalue weighted by molar-refractivity contribution is 0.0302. The van der Waals surface area contributed by atoms with E-state index >= 15 is 0 Å². The maximum absolute atomic E-state index is 12.6. The van der Waals surface area contributed by atoms with Crippen molar-refractivity contribution in [2.75, 3.05) is 39.4 Å². The van der Waals surface area contributed by atoms with E-state index in [2.05, 4.69) is 42.8 Å². The number of nitrogens with zero attached hydrogens (tertiary/aromatic N) is 3. The van der Waals surface area contributed by atoms with Gasteiger partial charge in [-0.05, 0) is 56.8 Å². The van der Waals surface area contributed by atoms with E-state index in [4.69, 9.17) is 9.15 Å². The highest BCUT2D eigenvalue weighted by molar-refractivity contribution is 5.94. The Balaban J connectivity index is 1.47. The van der Waals surface area contributed by atoms with Gasteiger partial charge in [0.05, 0.1) is 24.5 Å². The molecule has 1 aromatic carbocycles. The molecule has 0 radical (unpaired) electrons. The lowest BCUT2D eigenvalue weighted by Gasteiger charge is -2.26. The number of morpholine rings is 1. The zero-order chi connectivity index (χ0) is 21.8. The number of likely N-dealkylation sites (N-methyl/N-ethyl adjacent to an activating group) is 1. The first-order valence-corrected chi connectivity index (χ1v) is 11.1. The minimum absolute atomic E-state index is 0.0137. The molecule has 6 heteroatoms. The summed E-state index contributed by atoms with van der Waals surface area (Å²) in [4.78, 5) is 21.4. The number of ether oxygens (including phenoxy) is 1. The van der Waals surface area contributed by atoms with Crippen molar-refractivity contribution >= 4 is 16.9 Å². The van der Waals surface area contributed by atoms with Crippen LogP contribution in [0.2, 0.25) is 0 Å². The van der Waals surface area contributed by atoms with E-state index in [1.165, 1.54) is 0 Å². The Morgan fingerprint density at radius 1 is 1.16 bits per heavy atom. The molecule has 2 aromatic heterocycles. The van der Waals surface area contributed by atoms with Gasteiger partial charge in [-0.25, -0.2) is 0 Å². The SMILES string of the molecule is CCN(CCc1cc2cc(-c3ccc(C(=O)N4CCOCC4)cn3)ccc2o1)C(C)C. The molecule has 1 aliphatic heterocycles. The summed E-state index contributed by atoms with van der Waals surface area (Å²) in [6.07, 6.45) is 2.57. The van der Waals surface area contributed by atoms with Crippen LogP contribution in [0.3, 0.4) is 0 Å². The Kier molecular flexibility index (Phi) is 6.68. The first-order valence-electron chi connectivity index (χ1n) is 11.1. The molecule has 0 atom stereocenters. The highest BCUT2D eigenvalue weighted by atomic mass is 16.5. The van der Waals surface area contributed by atoms with Crippen LogP contribution in [0, 0.1) is 0 Å². The average molecular weight is 422 g/mol. The molecule has 0 unspecified atom stereocenters. The van der Waals surface area contributed by atoms with Crippen molar-refractivity contribution in [1.82, 2.24) is 14.8 Å². The van der Waals surface area contributed by atoms with Gasteiger partial charge in [-0.1, -0.05) is 6.92 Å². The van der Waals surface area contributed by atoms with Crippen molar-refractivity contribution in [3.05, 3.63) is 53.9 Å². The number of amides is 1. The second-order valence-corrected chi connectivity index (χ2v) is 8.27. The molecule has 6 nitrogen and oxygen atoms in total. The first-order chi connectivity index (χ1) is 15.0. The summed E-state index contributed by atoms with van der Waals surface area (Å²) in [5.41, 5.74) is 3.37. The molecular formula is C25H31N3O3. The van der Waals surface area contributed by atoms with Gasteiger partial charge in [0.1, 0.15) is 11.3 Å². The molecular weight excluding hydrogens is 390 g/mol. The Bertz CT molecular complexity index is 1020. The molecule has 4 rings (SSSR count). The van der Waals surface area contributed by atoms with Crippen LogP contribution in [0.25, 0.3) is 22.2 Å². The van der Waals surface area contributed by atoms with E-state index < -0.39 is 0 Å². The normalized spacial score (nSPS) is 14.7. The summed E-state index contributed by atoms with van der Waals surface area (Å²) in [6, 6.07) is 12.6. The molecule has 3 heterocycles. The topological polar surface area (TPSA) is 58.8 Å². The molecule has 0 aliphatic carbocycles. The highest BCUT2D eigenvalue weighted by Crippen LogP contribution is 2.26. The van der Waals surface area contributed by atoms with Crippen LogP contribution < -0.4 is 0 Å². The van der Waals surface area contributed by atoms with Crippen molar-refractivity contribution in [3.63, 3.8) is 0 Å². The molecule has 0 spiro atoms. The number of aromatic nitrogens is 1. The Morgan fingerprint density at radius 3 is 2.65 bits per heavy atom. The average Bonchev–Trinajstić information content (AvgIpc) is 3.21. The highest BCUT2D eigenvalue weighted by Gasteiger charge is 2.19. The van der Waals surface area contributed by atoms with Crippen LogP contribution in [-0.4, -0.2) is 66.1 Å². The summed E-state index contributed by atoms with van der Waals surface area (Å²) in [5.74, 6) is 1.02. The van der Waals surface area contributed by atoms with Gasteiger partial charge in [-0.2, -0.15) is 0 Å². The number of carbonyl (C=O) groups excluding carboxylic acids is 1. The van der Waals surface area contributed by atoms with E-state index in [-0.39, 0.29) is 5.91 Å². The fourth-order valence-corrected chi connectivity index (χ4v) is 4.06. The fourth-order valence-electron chi connectivity index (χ4n) is 4.06. The van der Waals surface area contributed by atoms with Crippen molar-refractivity contribution in [3.8, 4) is 11.3 Å². The van der Waals surface area contributed by atoms with E-state index in [0.29, 0.717) is 37.9 Å². The molecule has 31 heavy (non-hydrogen) atoms. The third-order valence-electron chi connectivity index (χ3n) is 5.95. The molecule has 0 saturated carbocycles. The zero-order valence-electron chi connectivity index (χ0n) is 18.6. The Morgan fingerprint density at radius 2 is 1.97 bits per heavy atom. The van der Waals surface area contributed by atoms with Gasteiger partial charge in [0, 0.05) is 49.2 Å². The molecule has 1 fully saturated rings. The standard InChI is InChI=1S/C25H31N3O3/c1-4-27(18(2)3)10-9-22-16-21-15-19(6-8-24(21)31-22)23-7-5-20(17-26-23)25(29)28-11-13-30-14-12-28/h5-8,15-18H,4,9-14H2,1-3H3. The van der Waals surface area contributed by atoms with Crippen molar-refractivity contribution in [2.45, 2.75) is 33.2 Å². The van der Waals surface area contributed by atoms with Crippen LogP contribution in [0.1, 0.15) is 36.9 Å². The first kappa shape index (κ1) is 21.5. The van der Waals surface area contributed by atoms with Crippen molar-refractivity contribution in [2.24, 2.45) is 0 Å². The van der Waals surface area contributed by atoms with Crippen molar-refractivity contribution in [1.29, 1.82) is 0 Å². The van der Waals surface area contributed by atoms with Gasteiger partial charge >= 0.3 is 0 Å². The zero-order valence-corrected chi connectivity index (χ0v) is 18.6. The number of benzene rings is 1. The quantitative estimate of drug-likeness (QED) is 0.571. The van der Waals surface area contributed by atoms with Crippen LogP contribution >= 0.6 is 0 Å². The number of hydrogen-bond donors (Lipinski definition) is 0. The number of furan rings is 1. The van der Waals surface area contributed by atoms with E-state index in [1.54, 1.807) is 6.20 Å². The smallest absolute Gasteiger partial charge is 0.255 e. The van der Waals surface area contributed by atoms with Crippen LogP contribution in [0.15, 0.2) is 47.0 Å². The number of rotatable bonds is 7. The minimum atomic E-state index is 0.0137. The summed E-state index contributed by atoms with van der Waals surface area (Å²) in [7, 11) is 0. The molecule has 1 amide bonds.